The van der Waals surface area contributed by atoms with Crippen molar-refractivity contribution in [1.82, 2.24) is 4.90 Å². The molecule has 1 heterocycles. The highest BCUT2D eigenvalue weighted by molar-refractivity contribution is 5.92. The minimum Gasteiger partial charge on any atom is -0.370 e. The normalized spacial score (nSPS) is 17.9. The van der Waals surface area contributed by atoms with Crippen LogP contribution < -0.4 is 17.2 Å². The molecule has 1 aromatic carbocycles. The van der Waals surface area contributed by atoms with Crippen LogP contribution in [0.5, 0.6) is 0 Å². The minimum absolute atomic E-state index is 0.0484. The van der Waals surface area contributed by atoms with Gasteiger partial charge < -0.3 is 17.2 Å². The average Bonchev–Trinajstić information content (AvgIpc) is 2.41. The molecule has 0 saturated carbocycles. The number of hydrogen-bond donors (Lipinski definition) is 3. The summed E-state index contributed by atoms with van der Waals surface area (Å²) in [6, 6.07) is 10.7. The first kappa shape index (κ1) is 14.3. The van der Waals surface area contributed by atoms with Crippen LogP contribution in [-0.4, -0.2) is 36.0 Å². The highest BCUT2D eigenvalue weighted by Gasteiger charge is 2.18. The second kappa shape index (κ2) is 6.91. The van der Waals surface area contributed by atoms with Gasteiger partial charge in [-0.1, -0.05) is 30.3 Å². The molecule has 6 nitrogen and oxygen atoms in total. The van der Waals surface area contributed by atoms with E-state index in [0.717, 1.165) is 32.5 Å². The molecule has 6 heteroatoms. The summed E-state index contributed by atoms with van der Waals surface area (Å²) >= 11 is 0. The Kier molecular flexibility index (Phi) is 4.95. The van der Waals surface area contributed by atoms with Crippen molar-refractivity contribution in [3.8, 4) is 0 Å². The first-order valence-corrected chi connectivity index (χ1v) is 6.82. The lowest BCUT2D eigenvalue weighted by molar-refractivity contribution is 0.206. The summed E-state index contributed by atoms with van der Waals surface area (Å²) in [5.41, 5.74) is 17.5. The monoisotopic (exact) mass is 274 g/mol. The molecule has 1 saturated heterocycles. The molecule has 2 rings (SSSR count). The Balaban J connectivity index is 1.82. The molecule has 1 aliphatic heterocycles. The van der Waals surface area contributed by atoms with E-state index >= 15 is 0 Å². The first-order chi connectivity index (χ1) is 9.63. The number of aliphatic imine (C=N–C) groups is 2. The summed E-state index contributed by atoms with van der Waals surface area (Å²) < 4.78 is 0. The van der Waals surface area contributed by atoms with E-state index < -0.39 is 0 Å². The van der Waals surface area contributed by atoms with E-state index in [1.165, 1.54) is 5.56 Å². The van der Waals surface area contributed by atoms with Gasteiger partial charge in [0.1, 0.15) is 0 Å². The van der Waals surface area contributed by atoms with Crippen LogP contribution in [0.1, 0.15) is 18.4 Å². The second-order valence-electron chi connectivity index (χ2n) is 5.02. The van der Waals surface area contributed by atoms with E-state index in [9.17, 15) is 0 Å². The summed E-state index contributed by atoms with van der Waals surface area (Å²) in [6.07, 6.45) is 1.96. The Morgan fingerprint density at radius 2 is 1.75 bits per heavy atom. The topological polar surface area (TPSA) is 106 Å². The molecule has 1 aromatic rings. The highest BCUT2D eigenvalue weighted by Crippen LogP contribution is 2.16. The number of likely N-dealkylation sites (tertiary alicyclic amines) is 1. The molecule has 0 unspecified atom stereocenters. The fraction of sp³-hybridized carbons (Fsp3) is 0.429. The van der Waals surface area contributed by atoms with Gasteiger partial charge in [-0.2, -0.15) is 4.99 Å². The number of nitrogens with zero attached hydrogens (tertiary/aromatic N) is 3. The third-order valence-electron chi connectivity index (χ3n) is 3.36. The van der Waals surface area contributed by atoms with Crippen molar-refractivity contribution in [2.45, 2.75) is 25.4 Å². The number of nitrogens with two attached hydrogens (primary N) is 3. The van der Waals surface area contributed by atoms with Gasteiger partial charge in [0.2, 0.25) is 5.96 Å². The maximum atomic E-state index is 5.65. The number of piperidine rings is 1. The van der Waals surface area contributed by atoms with Crippen molar-refractivity contribution >= 4 is 11.9 Å². The molecule has 6 N–H and O–H groups in total. The van der Waals surface area contributed by atoms with Crippen LogP contribution in [0.15, 0.2) is 40.3 Å². The molecule has 0 atom stereocenters. The minimum atomic E-state index is -0.0484. The number of hydrogen-bond acceptors (Lipinski definition) is 2. The van der Waals surface area contributed by atoms with Crippen molar-refractivity contribution < 1.29 is 0 Å². The first-order valence-electron chi connectivity index (χ1n) is 6.82. The Morgan fingerprint density at radius 1 is 1.10 bits per heavy atom. The predicted molar refractivity (Wildman–Crippen MR) is 82.2 cm³/mol. The third-order valence-corrected chi connectivity index (χ3v) is 3.36. The van der Waals surface area contributed by atoms with E-state index in [4.69, 9.17) is 17.2 Å². The predicted octanol–water partition coefficient (Wildman–Crippen LogP) is 0.239. The van der Waals surface area contributed by atoms with Crippen LogP contribution in [0, 0.1) is 0 Å². The smallest absolute Gasteiger partial charge is 0.218 e. The van der Waals surface area contributed by atoms with E-state index in [1.54, 1.807) is 0 Å². The van der Waals surface area contributed by atoms with Crippen molar-refractivity contribution in [3.63, 3.8) is 0 Å². The summed E-state index contributed by atoms with van der Waals surface area (Å²) in [5, 5.41) is 0. The van der Waals surface area contributed by atoms with Gasteiger partial charge in [0.15, 0.2) is 5.96 Å². The van der Waals surface area contributed by atoms with Crippen LogP contribution in [0.2, 0.25) is 0 Å². The molecule has 20 heavy (non-hydrogen) atoms. The zero-order valence-corrected chi connectivity index (χ0v) is 11.6. The fourth-order valence-corrected chi connectivity index (χ4v) is 2.40. The lowest BCUT2D eigenvalue weighted by atomic mass is 10.0. The van der Waals surface area contributed by atoms with Crippen molar-refractivity contribution in [2.24, 2.45) is 27.2 Å². The lowest BCUT2D eigenvalue weighted by Crippen LogP contribution is -2.35. The summed E-state index contributed by atoms with van der Waals surface area (Å²) in [4.78, 5) is 10.5. The van der Waals surface area contributed by atoms with Gasteiger partial charge in [0.05, 0.1) is 6.04 Å². The number of guanidine groups is 2. The van der Waals surface area contributed by atoms with Crippen LogP contribution >= 0.6 is 0 Å². The standard InChI is InChI=1S/C14H22N6/c15-13(16)19-14(17)18-12-6-8-20(9-7-12)10-11-4-2-1-3-5-11/h1-5,12H,6-10H2,(H6,15,16,17,18,19). The largest absolute Gasteiger partial charge is 0.370 e. The zero-order chi connectivity index (χ0) is 14.4. The van der Waals surface area contributed by atoms with Gasteiger partial charge >= 0.3 is 0 Å². The maximum absolute atomic E-state index is 5.65. The van der Waals surface area contributed by atoms with E-state index in [2.05, 4.69) is 39.2 Å². The highest BCUT2D eigenvalue weighted by atomic mass is 15.2. The Labute approximate surface area is 119 Å². The fourth-order valence-electron chi connectivity index (χ4n) is 2.40. The molecule has 0 aromatic heterocycles. The molecule has 0 spiro atoms. The average molecular weight is 274 g/mol. The van der Waals surface area contributed by atoms with Crippen molar-refractivity contribution in [2.75, 3.05) is 13.1 Å². The molecule has 1 fully saturated rings. The van der Waals surface area contributed by atoms with E-state index in [-0.39, 0.29) is 18.0 Å². The molecule has 1 aliphatic rings. The van der Waals surface area contributed by atoms with Gasteiger partial charge in [-0.15, -0.1) is 0 Å². The summed E-state index contributed by atoms with van der Waals surface area (Å²) in [6.45, 7) is 3.01. The number of benzene rings is 1. The van der Waals surface area contributed by atoms with Gasteiger partial charge in [-0.25, -0.2) is 4.99 Å². The quantitative estimate of drug-likeness (QED) is 0.542. The van der Waals surface area contributed by atoms with Gasteiger partial charge in [0.25, 0.3) is 0 Å². The zero-order valence-electron chi connectivity index (χ0n) is 11.6. The second-order valence-corrected chi connectivity index (χ2v) is 5.02. The van der Waals surface area contributed by atoms with Crippen molar-refractivity contribution in [1.29, 1.82) is 0 Å². The van der Waals surface area contributed by atoms with Crippen molar-refractivity contribution in [3.05, 3.63) is 35.9 Å². The summed E-state index contributed by atoms with van der Waals surface area (Å²) in [7, 11) is 0. The molecular formula is C14H22N6. The van der Waals surface area contributed by atoms with Gasteiger partial charge in [0, 0.05) is 19.6 Å². The SMILES string of the molecule is NC(N)=NC(N)=NC1CCN(Cc2ccccc2)CC1. The van der Waals surface area contributed by atoms with Gasteiger partial charge in [-0.3, -0.25) is 4.90 Å². The molecule has 0 radical (unpaired) electrons. The Bertz CT molecular complexity index is 470. The van der Waals surface area contributed by atoms with Crippen LogP contribution in [0.3, 0.4) is 0 Å². The Morgan fingerprint density at radius 3 is 2.35 bits per heavy atom. The van der Waals surface area contributed by atoms with Gasteiger partial charge in [-0.05, 0) is 18.4 Å². The molecule has 0 amide bonds. The molecule has 0 aliphatic carbocycles. The van der Waals surface area contributed by atoms with Crippen LogP contribution in [0.4, 0.5) is 0 Å². The van der Waals surface area contributed by atoms with E-state index in [1.807, 2.05) is 6.07 Å². The summed E-state index contributed by atoms with van der Waals surface area (Å²) in [5.74, 6) is 0.124. The third kappa shape index (κ3) is 4.55. The van der Waals surface area contributed by atoms with E-state index in [0.29, 0.717) is 0 Å². The lowest BCUT2D eigenvalue weighted by Gasteiger charge is -2.30. The molecule has 108 valence electrons. The number of rotatable bonds is 3. The molecular weight excluding hydrogens is 252 g/mol. The van der Waals surface area contributed by atoms with Crippen LogP contribution in [-0.2, 0) is 6.54 Å². The Hall–Kier alpha value is -2.08. The molecule has 0 bridgehead atoms. The van der Waals surface area contributed by atoms with Crippen LogP contribution in [0.25, 0.3) is 0 Å². The maximum Gasteiger partial charge on any atom is 0.218 e.